The van der Waals surface area contributed by atoms with E-state index in [1.165, 1.54) is 24.1 Å². The van der Waals surface area contributed by atoms with Gasteiger partial charge in [0.25, 0.3) is 5.91 Å². The van der Waals surface area contributed by atoms with Crippen molar-refractivity contribution in [2.24, 2.45) is 0 Å². The summed E-state index contributed by atoms with van der Waals surface area (Å²) in [5.74, 6) is -1.65. The second-order valence-electron chi connectivity index (χ2n) is 3.57. The second-order valence-corrected chi connectivity index (χ2v) is 3.57. The largest absolute Gasteiger partial charge is 0.480 e. The molecule has 0 aliphatic rings. The predicted molar refractivity (Wildman–Crippen MR) is 60.0 cm³/mol. The molecular formula is C11H14N2O4. The molecule has 1 aromatic heterocycles. The maximum absolute atomic E-state index is 11.9. The Bertz CT molecular complexity index is 450. The molecule has 1 heterocycles. The van der Waals surface area contributed by atoms with Crippen molar-refractivity contribution in [3.05, 3.63) is 23.5 Å². The van der Waals surface area contributed by atoms with E-state index in [1.54, 1.807) is 6.92 Å². The fraction of sp³-hybridized carbons (Fsp3) is 0.364. The number of H-pyrrole nitrogens is 1. The summed E-state index contributed by atoms with van der Waals surface area (Å²) in [5.41, 5.74) is 0.623. The van der Waals surface area contributed by atoms with E-state index in [0.29, 0.717) is 12.1 Å². The van der Waals surface area contributed by atoms with Gasteiger partial charge in [-0.1, -0.05) is 0 Å². The molecule has 0 aromatic carbocycles. The number of carboxylic acid groups (broad SMARTS) is 1. The second kappa shape index (κ2) is 5.29. The Labute approximate surface area is 98.2 Å². The molecule has 0 aliphatic carbocycles. The predicted octanol–water partition coefficient (Wildman–Crippen LogP) is 0.764. The summed E-state index contributed by atoms with van der Waals surface area (Å²) >= 11 is 0. The van der Waals surface area contributed by atoms with Crippen LogP contribution < -0.4 is 0 Å². The van der Waals surface area contributed by atoms with Gasteiger partial charge in [0.05, 0.1) is 0 Å². The van der Waals surface area contributed by atoms with E-state index in [4.69, 9.17) is 5.11 Å². The molecular weight excluding hydrogens is 224 g/mol. The first-order valence-corrected chi connectivity index (χ1v) is 5.16. The Morgan fingerprint density at radius 1 is 1.41 bits per heavy atom. The van der Waals surface area contributed by atoms with Crippen LogP contribution in [0.4, 0.5) is 0 Å². The number of hydrogen-bond acceptors (Lipinski definition) is 3. The molecule has 1 aromatic rings. The lowest BCUT2D eigenvalue weighted by molar-refractivity contribution is -0.137. The zero-order valence-corrected chi connectivity index (χ0v) is 9.69. The van der Waals surface area contributed by atoms with Gasteiger partial charge in [-0.3, -0.25) is 14.4 Å². The number of hydrogen-bond donors (Lipinski definition) is 2. The molecule has 0 atom stereocenters. The van der Waals surface area contributed by atoms with Gasteiger partial charge >= 0.3 is 5.97 Å². The Kier molecular flexibility index (Phi) is 4.03. The van der Waals surface area contributed by atoms with Crippen LogP contribution in [0, 0.1) is 0 Å². The number of aromatic amines is 1. The molecule has 6 nitrogen and oxygen atoms in total. The van der Waals surface area contributed by atoms with Crippen LogP contribution in [0.1, 0.15) is 34.7 Å². The lowest BCUT2D eigenvalue weighted by Gasteiger charge is -2.17. The minimum Gasteiger partial charge on any atom is -0.480 e. The Hall–Kier alpha value is -2.11. The highest BCUT2D eigenvalue weighted by Crippen LogP contribution is 2.07. The number of amides is 1. The van der Waals surface area contributed by atoms with Crippen LogP contribution in [0.2, 0.25) is 0 Å². The Balaban J connectivity index is 2.86. The zero-order valence-electron chi connectivity index (χ0n) is 9.69. The quantitative estimate of drug-likeness (QED) is 0.741. The van der Waals surface area contributed by atoms with Gasteiger partial charge in [0.15, 0.2) is 5.78 Å². The van der Waals surface area contributed by atoms with Crippen LogP contribution >= 0.6 is 0 Å². The monoisotopic (exact) mass is 238 g/mol. The zero-order chi connectivity index (χ0) is 13.0. The average molecular weight is 238 g/mol. The highest BCUT2D eigenvalue weighted by atomic mass is 16.4. The molecule has 0 saturated heterocycles. The van der Waals surface area contributed by atoms with Crippen molar-refractivity contribution in [2.75, 3.05) is 13.1 Å². The molecule has 0 spiro atoms. The van der Waals surface area contributed by atoms with Gasteiger partial charge in [0, 0.05) is 18.3 Å². The number of ketones is 1. The number of rotatable bonds is 5. The SMILES string of the molecule is CCN(CC(=O)O)C(=O)c1cc(C(C)=O)c[nH]1. The van der Waals surface area contributed by atoms with Crippen LogP contribution in [0.3, 0.4) is 0 Å². The summed E-state index contributed by atoms with van der Waals surface area (Å²) in [7, 11) is 0. The van der Waals surface area contributed by atoms with E-state index in [1.807, 2.05) is 0 Å². The summed E-state index contributed by atoms with van der Waals surface area (Å²) in [6, 6.07) is 1.43. The average Bonchev–Trinajstić information content (AvgIpc) is 2.73. The standard InChI is InChI=1S/C11H14N2O4/c1-3-13(6-10(15)16)11(17)9-4-8(5-12-9)7(2)14/h4-5,12H,3,6H2,1-2H3,(H,15,16). The van der Waals surface area contributed by atoms with Crippen LogP contribution in [-0.4, -0.2) is 45.7 Å². The van der Waals surface area contributed by atoms with Gasteiger partial charge in [0.1, 0.15) is 12.2 Å². The van der Waals surface area contributed by atoms with Crippen LogP contribution in [0.15, 0.2) is 12.3 Å². The van der Waals surface area contributed by atoms with Gasteiger partial charge < -0.3 is 15.0 Å². The highest BCUT2D eigenvalue weighted by Gasteiger charge is 2.18. The van der Waals surface area contributed by atoms with Crippen molar-refractivity contribution in [3.63, 3.8) is 0 Å². The fourth-order valence-electron chi connectivity index (χ4n) is 1.38. The lowest BCUT2D eigenvalue weighted by atomic mass is 10.2. The van der Waals surface area contributed by atoms with Crippen molar-refractivity contribution in [1.82, 2.24) is 9.88 Å². The van der Waals surface area contributed by atoms with E-state index in [0.717, 1.165) is 0 Å². The number of Topliss-reactive ketones (excluding diaryl/α,β-unsaturated/α-hetero) is 1. The van der Waals surface area contributed by atoms with E-state index >= 15 is 0 Å². The third-order valence-electron chi connectivity index (χ3n) is 2.32. The molecule has 1 amide bonds. The number of nitrogens with one attached hydrogen (secondary N) is 1. The number of carbonyl (C=O) groups excluding carboxylic acids is 2. The van der Waals surface area contributed by atoms with Gasteiger partial charge in [0.2, 0.25) is 0 Å². The minimum absolute atomic E-state index is 0.151. The van der Waals surface area contributed by atoms with Crippen LogP contribution in [-0.2, 0) is 4.79 Å². The smallest absolute Gasteiger partial charge is 0.323 e. The molecule has 0 radical (unpaired) electrons. The third-order valence-corrected chi connectivity index (χ3v) is 2.32. The number of aromatic nitrogens is 1. The molecule has 0 aliphatic heterocycles. The number of nitrogens with zero attached hydrogens (tertiary/aromatic N) is 1. The number of aliphatic carboxylic acids is 1. The summed E-state index contributed by atoms with van der Waals surface area (Å²) in [6.45, 7) is 3.02. The van der Waals surface area contributed by atoms with Gasteiger partial charge in [-0.05, 0) is 19.9 Å². The van der Waals surface area contributed by atoms with E-state index in [-0.39, 0.29) is 18.0 Å². The maximum Gasteiger partial charge on any atom is 0.323 e. The lowest BCUT2D eigenvalue weighted by Crippen LogP contribution is -2.35. The van der Waals surface area contributed by atoms with Crippen LogP contribution in [0.25, 0.3) is 0 Å². The normalized spacial score (nSPS) is 10.0. The molecule has 0 fully saturated rings. The van der Waals surface area contributed by atoms with E-state index in [9.17, 15) is 14.4 Å². The maximum atomic E-state index is 11.9. The molecule has 92 valence electrons. The summed E-state index contributed by atoms with van der Waals surface area (Å²) < 4.78 is 0. The molecule has 0 saturated carbocycles. The van der Waals surface area contributed by atoms with E-state index in [2.05, 4.69) is 4.98 Å². The van der Waals surface area contributed by atoms with Crippen LogP contribution in [0.5, 0.6) is 0 Å². The molecule has 0 unspecified atom stereocenters. The van der Waals surface area contributed by atoms with Gasteiger partial charge in [-0.25, -0.2) is 0 Å². The topological polar surface area (TPSA) is 90.5 Å². The molecule has 6 heteroatoms. The Morgan fingerprint density at radius 3 is 2.47 bits per heavy atom. The van der Waals surface area contributed by atoms with Crippen molar-refractivity contribution in [3.8, 4) is 0 Å². The highest BCUT2D eigenvalue weighted by molar-refractivity contribution is 5.99. The fourth-order valence-corrected chi connectivity index (χ4v) is 1.38. The van der Waals surface area contributed by atoms with Gasteiger partial charge in [-0.15, -0.1) is 0 Å². The molecule has 17 heavy (non-hydrogen) atoms. The van der Waals surface area contributed by atoms with E-state index < -0.39 is 11.9 Å². The van der Waals surface area contributed by atoms with Crippen molar-refractivity contribution in [1.29, 1.82) is 0 Å². The molecule has 2 N–H and O–H groups in total. The molecule has 1 rings (SSSR count). The van der Waals surface area contributed by atoms with Crippen molar-refractivity contribution in [2.45, 2.75) is 13.8 Å². The molecule has 0 bridgehead atoms. The van der Waals surface area contributed by atoms with Crippen molar-refractivity contribution < 1.29 is 19.5 Å². The number of likely N-dealkylation sites (N-methyl/N-ethyl adjacent to an activating group) is 1. The summed E-state index contributed by atoms with van der Waals surface area (Å²) in [6.07, 6.45) is 1.43. The number of carboxylic acids is 1. The first kappa shape index (κ1) is 13.0. The number of carbonyl (C=O) groups is 3. The minimum atomic E-state index is -1.07. The van der Waals surface area contributed by atoms with Crippen molar-refractivity contribution >= 4 is 17.7 Å². The Morgan fingerprint density at radius 2 is 2.06 bits per heavy atom. The summed E-state index contributed by atoms with van der Waals surface area (Å²) in [5, 5.41) is 8.65. The van der Waals surface area contributed by atoms with Gasteiger partial charge in [-0.2, -0.15) is 0 Å². The first-order valence-electron chi connectivity index (χ1n) is 5.16. The summed E-state index contributed by atoms with van der Waals surface area (Å²) in [4.78, 5) is 37.3. The third kappa shape index (κ3) is 3.17. The first-order chi connectivity index (χ1) is 7.95.